The molecule has 0 aliphatic rings. The van der Waals surface area contributed by atoms with E-state index in [2.05, 4.69) is 0 Å². The van der Waals surface area contributed by atoms with Crippen LogP contribution in [0.5, 0.6) is 5.75 Å². The van der Waals surface area contributed by atoms with Gasteiger partial charge in [0.25, 0.3) is 0 Å². The molecule has 0 atom stereocenters. The Balaban J connectivity index is 1.81. The number of hydrogen-bond donors (Lipinski definition) is 0. The van der Waals surface area contributed by atoms with E-state index in [0.29, 0.717) is 38.8 Å². The van der Waals surface area contributed by atoms with Crippen LogP contribution in [0.1, 0.15) is 31.8 Å². The van der Waals surface area contributed by atoms with Crippen molar-refractivity contribution in [1.29, 1.82) is 0 Å². The number of benzene rings is 5. The summed E-state index contributed by atoms with van der Waals surface area (Å²) in [6, 6.07) is 28.9. The molecule has 5 aromatic rings. The van der Waals surface area contributed by atoms with Gasteiger partial charge in [-0.05, 0) is 70.8 Å². The van der Waals surface area contributed by atoms with Gasteiger partial charge in [0, 0.05) is 16.4 Å². The van der Waals surface area contributed by atoms with E-state index in [1.165, 1.54) is 7.11 Å². The van der Waals surface area contributed by atoms with Crippen molar-refractivity contribution in [1.82, 2.24) is 0 Å². The lowest BCUT2D eigenvalue weighted by molar-refractivity contribution is 0.104. The summed E-state index contributed by atoms with van der Waals surface area (Å²) in [5.74, 6) is 0.549. The van der Waals surface area contributed by atoms with Crippen molar-refractivity contribution < 1.29 is 18.9 Å². The molecule has 0 saturated heterocycles. The quantitative estimate of drug-likeness (QED) is 0.234. The summed E-state index contributed by atoms with van der Waals surface area (Å²) >= 11 is 0. The van der Waals surface area contributed by atoms with Gasteiger partial charge in [-0.2, -0.15) is 0 Å². The molecular weight excluding hydrogens is 467 g/mol. The van der Waals surface area contributed by atoms with Crippen LogP contribution in [0.4, 0.5) is 0 Å². The lowest BCUT2D eigenvalue weighted by atomic mass is 10.0. The first-order valence-electron chi connectivity index (χ1n) is 11.7. The number of aryl methyl sites for hydroxylation is 2. The lowest BCUT2D eigenvalue weighted by Gasteiger charge is -2.21. The van der Waals surface area contributed by atoms with E-state index < -0.39 is 18.2 Å². The van der Waals surface area contributed by atoms with Crippen LogP contribution in [0.15, 0.2) is 97.1 Å². The Morgan fingerprint density at radius 3 is 1.50 bits per heavy atom. The fourth-order valence-electron chi connectivity index (χ4n) is 4.76. The van der Waals surface area contributed by atoms with Crippen LogP contribution in [0.25, 0.3) is 21.5 Å². The molecule has 0 heterocycles. The zero-order valence-electron chi connectivity index (χ0n) is 20.3. The topological polar surface area (TPSA) is 60.4 Å². The van der Waals surface area contributed by atoms with Crippen LogP contribution < -0.4 is 10.0 Å². The normalized spacial score (nSPS) is 11.5. The lowest BCUT2D eigenvalue weighted by Crippen LogP contribution is -2.22. The van der Waals surface area contributed by atoms with Crippen molar-refractivity contribution in [3.63, 3.8) is 0 Å². The molecule has 5 heteroatoms. The minimum absolute atomic E-state index is 0.193. The maximum atomic E-state index is 15.1. The van der Waals surface area contributed by atoms with E-state index in [9.17, 15) is 9.59 Å². The van der Waals surface area contributed by atoms with Crippen LogP contribution in [0.3, 0.4) is 0 Å². The van der Waals surface area contributed by atoms with E-state index in [0.717, 1.165) is 10.8 Å². The Hall–Kier alpha value is -4.01. The van der Waals surface area contributed by atoms with E-state index in [4.69, 9.17) is 4.74 Å². The summed E-state index contributed by atoms with van der Waals surface area (Å²) in [6.45, 7) is 3.62. The minimum atomic E-state index is -4.32. The Morgan fingerprint density at radius 2 is 1.06 bits per heavy atom. The van der Waals surface area contributed by atoms with Gasteiger partial charge in [0.1, 0.15) is 5.75 Å². The second kappa shape index (κ2) is 9.22. The maximum absolute atomic E-state index is 15.1. The van der Waals surface area contributed by atoms with E-state index >= 15 is 4.57 Å². The summed E-state index contributed by atoms with van der Waals surface area (Å²) in [5.41, 5.74) is 0.681. The molecule has 5 rings (SSSR count). The highest BCUT2D eigenvalue weighted by molar-refractivity contribution is 8.01. The number of rotatable bonds is 6. The molecule has 0 aliphatic heterocycles. The van der Waals surface area contributed by atoms with Crippen molar-refractivity contribution in [3.05, 3.63) is 119 Å². The second-order valence-electron chi connectivity index (χ2n) is 8.87. The fraction of sp³-hybridized carbons (Fsp3) is 0.0968. The van der Waals surface area contributed by atoms with Gasteiger partial charge in [-0.15, -0.1) is 0 Å². The van der Waals surface area contributed by atoms with Gasteiger partial charge < -0.3 is 9.30 Å². The third-order valence-corrected chi connectivity index (χ3v) is 9.33. The number of fused-ring (bicyclic) bond motifs is 2. The van der Waals surface area contributed by atoms with Crippen molar-refractivity contribution in [3.8, 4) is 5.75 Å². The Kier molecular flexibility index (Phi) is 6.07. The molecule has 5 aromatic carbocycles. The Labute approximate surface area is 209 Å². The molecule has 0 fully saturated rings. The predicted molar refractivity (Wildman–Crippen MR) is 146 cm³/mol. The van der Waals surface area contributed by atoms with Gasteiger partial charge in [-0.3, -0.25) is 9.59 Å². The van der Waals surface area contributed by atoms with Gasteiger partial charge in [0.05, 0.1) is 7.11 Å². The number of hydrogen-bond acceptors (Lipinski definition) is 4. The zero-order chi connectivity index (χ0) is 25.4. The Morgan fingerprint density at radius 1 is 0.611 bits per heavy atom. The zero-order valence-corrected chi connectivity index (χ0v) is 21.2. The number of carbonyl (C=O) groups is 2. The smallest absolute Gasteiger partial charge is 0.248 e. The van der Waals surface area contributed by atoms with Crippen molar-refractivity contribution in [2.45, 2.75) is 13.8 Å². The predicted octanol–water partition coefficient (Wildman–Crippen LogP) is 7.29. The van der Waals surface area contributed by atoms with Crippen LogP contribution in [-0.2, 0) is 4.57 Å². The highest BCUT2D eigenvalue weighted by Gasteiger charge is 2.44. The molecular formula is C31H25O4P. The summed E-state index contributed by atoms with van der Waals surface area (Å²) in [7, 11) is -2.79. The van der Waals surface area contributed by atoms with Gasteiger partial charge in [0.15, 0.2) is 0 Å². The first kappa shape index (κ1) is 23.7. The average molecular weight is 493 g/mol. The molecule has 0 N–H and O–H groups in total. The van der Waals surface area contributed by atoms with E-state index in [-0.39, 0.29) is 5.30 Å². The van der Waals surface area contributed by atoms with Gasteiger partial charge >= 0.3 is 0 Å². The Bertz CT molecular complexity index is 1600. The third-order valence-electron chi connectivity index (χ3n) is 6.71. The molecule has 0 spiro atoms. The highest BCUT2D eigenvalue weighted by Crippen LogP contribution is 2.53. The molecule has 0 bridgehead atoms. The second-order valence-corrected chi connectivity index (χ2v) is 11.4. The summed E-state index contributed by atoms with van der Waals surface area (Å²) in [4.78, 5) is 28.8. The van der Waals surface area contributed by atoms with Gasteiger partial charge in [-0.1, -0.05) is 72.8 Å². The van der Waals surface area contributed by atoms with Crippen molar-refractivity contribution >= 4 is 45.0 Å². The van der Waals surface area contributed by atoms with Crippen LogP contribution in [-0.4, -0.2) is 18.2 Å². The van der Waals surface area contributed by atoms with Crippen molar-refractivity contribution in [2.75, 3.05) is 7.11 Å². The van der Waals surface area contributed by atoms with Crippen molar-refractivity contribution in [2.24, 2.45) is 0 Å². The molecule has 0 aromatic heterocycles. The van der Waals surface area contributed by atoms with Crippen LogP contribution >= 0.6 is 7.14 Å². The van der Waals surface area contributed by atoms with Crippen LogP contribution in [0.2, 0.25) is 0 Å². The molecule has 0 unspecified atom stereocenters. The van der Waals surface area contributed by atoms with E-state index in [1.807, 2.05) is 86.6 Å². The minimum Gasteiger partial charge on any atom is -0.497 e. The first-order valence-corrected chi connectivity index (χ1v) is 13.4. The maximum Gasteiger partial charge on any atom is 0.248 e. The standard InChI is InChI=1S/C31H25O4P/c1-20-12-14-22-8-4-6-10-26(22)28(20)30(32)36(34,25-18-16-24(35-3)17-19-25)31(33)29-21(2)13-15-23-9-5-7-11-27(23)29/h4-19H,1-3H3. The summed E-state index contributed by atoms with van der Waals surface area (Å²) < 4.78 is 20.3. The van der Waals surface area contributed by atoms with Crippen LogP contribution in [0, 0.1) is 13.8 Å². The SMILES string of the molecule is COc1ccc(P(=O)(C(=O)c2c(C)ccc3ccccc23)C(=O)c2c(C)ccc3ccccc23)cc1. The number of ether oxygens (including phenoxy) is 1. The molecule has 178 valence electrons. The summed E-state index contributed by atoms with van der Waals surface area (Å²) in [5, 5.41) is 3.25. The molecule has 0 amide bonds. The molecule has 0 aliphatic carbocycles. The number of methoxy groups -OCH3 is 1. The number of carbonyl (C=O) groups excluding carboxylic acids is 2. The highest BCUT2D eigenvalue weighted by atomic mass is 31.2. The molecule has 36 heavy (non-hydrogen) atoms. The van der Waals surface area contributed by atoms with E-state index in [1.54, 1.807) is 24.3 Å². The monoisotopic (exact) mass is 492 g/mol. The fourth-order valence-corrected chi connectivity index (χ4v) is 7.21. The largest absolute Gasteiger partial charge is 0.497 e. The molecule has 0 saturated carbocycles. The summed E-state index contributed by atoms with van der Waals surface area (Å²) in [6.07, 6.45) is 0. The first-order chi connectivity index (χ1) is 17.4. The van der Waals surface area contributed by atoms with Gasteiger partial charge in [-0.25, -0.2) is 0 Å². The molecule has 0 radical (unpaired) electrons. The molecule has 4 nitrogen and oxygen atoms in total. The average Bonchev–Trinajstić information content (AvgIpc) is 2.92. The third kappa shape index (κ3) is 3.75. The van der Waals surface area contributed by atoms with Gasteiger partial charge in [0.2, 0.25) is 18.2 Å².